The summed E-state index contributed by atoms with van der Waals surface area (Å²) in [5.41, 5.74) is 7.21. The summed E-state index contributed by atoms with van der Waals surface area (Å²) < 4.78 is 2.47. The zero-order valence-electron chi connectivity index (χ0n) is 9.08. The Bertz CT molecular complexity index is 299. The van der Waals surface area contributed by atoms with Crippen molar-refractivity contribution in [3.63, 3.8) is 0 Å². The lowest BCUT2D eigenvalue weighted by molar-refractivity contribution is 0.267. The van der Waals surface area contributed by atoms with Crippen LogP contribution in [0.2, 0.25) is 0 Å². The molecule has 0 saturated carbocycles. The summed E-state index contributed by atoms with van der Waals surface area (Å²) in [4.78, 5) is 0. The Hall–Kier alpha value is -0.420. The minimum atomic E-state index is -0.0538. The van der Waals surface area contributed by atoms with Crippen molar-refractivity contribution in [2.75, 3.05) is 0 Å². The first kappa shape index (κ1) is 11.7. The van der Waals surface area contributed by atoms with E-state index in [9.17, 15) is 0 Å². The van der Waals surface area contributed by atoms with Crippen LogP contribution in [0, 0.1) is 5.41 Å². The van der Waals surface area contributed by atoms with E-state index in [2.05, 4.69) is 47.0 Å². The van der Waals surface area contributed by atoms with E-state index in [1.165, 1.54) is 0 Å². The maximum Gasteiger partial charge on any atom is 0.153 e. The lowest BCUT2D eigenvalue weighted by atomic mass is 9.81. The molecule has 0 bridgehead atoms. The van der Waals surface area contributed by atoms with Crippen molar-refractivity contribution in [3.05, 3.63) is 10.3 Å². The van der Waals surface area contributed by atoms with E-state index in [-0.39, 0.29) is 11.5 Å². The quantitative estimate of drug-likeness (QED) is 0.905. The Kier molecular flexibility index (Phi) is 3.32. The molecule has 1 aromatic rings. The van der Waals surface area contributed by atoms with Crippen LogP contribution in [0.3, 0.4) is 0 Å². The lowest BCUT2D eigenvalue weighted by Gasteiger charge is -2.30. The summed E-state index contributed by atoms with van der Waals surface area (Å²) in [6, 6.07) is -0.0538. The van der Waals surface area contributed by atoms with Crippen LogP contribution in [0.1, 0.15) is 38.9 Å². The summed E-state index contributed by atoms with van der Waals surface area (Å²) in [6.45, 7) is 6.44. The van der Waals surface area contributed by atoms with Crippen LogP contribution in [-0.2, 0) is 7.05 Å². The van der Waals surface area contributed by atoms with Gasteiger partial charge in [-0.3, -0.25) is 0 Å². The van der Waals surface area contributed by atoms with Crippen LogP contribution in [0.15, 0.2) is 4.60 Å². The second kappa shape index (κ2) is 3.98. The zero-order chi connectivity index (χ0) is 10.9. The molecule has 14 heavy (non-hydrogen) atoms. The Morgan fingerprint density at radius 1 is 1.57 bits per heavy atom. The molecular weight excluding hydrogens is 244 g/mol. The number of hydrogen-bond acceptors (Lipinski definition) is 3. The van der Waals surface area contributed by atoms with Gasteiger partial charge in [0.2, 0.25) is 0 Å². The van der Waals surface area contributed by atoms with Gasteiger partial charge in [-0.25, -0.2) is 4.68 Å². The number of hydrogen-bond donors (Lipinski definition) is 1. The van der Waals surface area contributed by atoms with Gasteiger partial charge in [0.15, 0.2) is 4.60 Å². The van der Waals surface area contributed by atoms with Gasteiger partial charge in [-0.1, -0.05) is 26.0 Å². The minimum absolute atomic E-state index is 0.0536. The second-order valence-electron chi connectivity index (χ2n) is 4.21. The van der Waals surface area contributed by atoms with E-state index >= 15 is 0 Å². The highest BCUT2D eigenvalue weighted by atomic mass is 79.9. The summed E-state index contributed by atoms with van der Waals surface area (Å²) in [7, 11) is 1.86. The summed E-state index contributed by atoms with van der Waals surface area (Å²) in [5.74, 6) is 0. The summed E-state index contributed by atoms with van der Waals surface area (Å²) in [6.07, 6.45) is 1.02. The van der Waals surface area contributed by atoms with E-state index in [0.29, 0.717) is 0 Å². The Morgan fingerprint density at radius 2 is 2.14 bits per heavy atom. The average Bonchev–Trinajstić information content (AvgIpc) is 2.45. The molecule has 0 fully saturated rings. The molecule has 0 saturated heterocycles. The predicted octanol–water partition coefficient (Wildman–Crippen LogP) is 2.01. The average molecular weight is 261 g/mol. The van der Waals surface area contributed by atoms with Crippen molar-refractivity contribution in [1.29, 1.82) is 0 Å². The highest BCUT2D eigenvalue weighted by molar-refractivity contribution is 9.10. The van der Waals surface area contributed by atoms with E-state index in [1.807, 2.05) is 7.05 Å². The molecule has 0 aliphatic heterocycles. The van der Waals surface area contributed by atoms with E-state index < -0.39 is 0 Å². The number of aryl methyl sites for hydroxylation is 1. The molecule has 80 valence electrons. The maximum absolute atomic E-state index is 6.20. The van der Waals surface area contributed by atoms with Gasteiger partial charge in [0.1, 0.15) is 0 Å². The monoisotopic (exact) mass is 260 g/mol. The molecule has 0 aromatic carbocycles. The van der Waals surface area contributed by atoms with Gasteiger partial charge in [-0.2, -0.15) is 0 Å². The summed E-state index contributed by atoms with van der Waals surface area (Å²) >= 11 is 3.36. The largest absolute Gasteiger partial charge is 0.322 e. The summed E-state index contributed by atoms with van der Waals surface area (Å²) in [5, 5.41) is 7.86. The smallest absolute Gasteiger partial charge is 0.153 e. The van der Waals surface area contributed by atoms with Crippen LogP contribution >= 0.6 is 15.9 Å². The van der Waals surface area contributed by atoms with Crippen molar-refractivity contribution in [2.45, 2.75) is 33.2 Å². The molecule has 0 radical (unpaired) electrons. The minimum Gasteiger partial charge on any atom is -0.322 e. The Balaban J connectivity index is 3.06. The molecule has 1 aromatic heterocycles. The van der Waals surface area contributed by atoms with Crippen LogP contribution in [0.25, 0.3) is 0 Å². The number of nitrogens with two attached hydrogens (primary N) is 1. The normalized spacial score (nSPS) is 14.4. The Morgan fingerprint density at radius 3 is 2.50 bits per heavy atom. The molecule has 0 aliphatic carbocycles. The van der Waals surface area contributed by atoms with Crippen molar-refractivity contribution >= 4 is 15.9 Å². The molecule has 4 nitrogen and oxygen atoms in total. The molecule has 0 amide bonds. The fraction of sp³-hybridized carbons (Fsp3) is 0.778. The van der Waals surface area contributed by atoms with Gasteiger partial charge in [-0.05, 0) is 27.8 Å². The third kappa shape index (κ3) is 1.98. The van der Waals surface area contributed by atoms with Crippen molar-refractivity contribution < 1.29 is 0 Å². The molecule has 1 rings (SSSR count). The molecule has 1 heterocycles. The second-order valence-corrected chi connectivity index (χ2v) is 4.96. The van der Waals surface area contributed by atoms with E-state index in [4.69, 9.17) is 5.73 Å². The zero-order valence-corrected chi connectivity index (χ0v) is 10.7. The van der Waals surface area contributed by atoms with Gasteiger partial charge < -0.3 is 5.73 Å². The molecule has 2 N–H and O–H groups in total. The first-order valence-corrected chi connectivity index (χ1v) is 5.50. The Labute approximate surface area is 93.0 Å². The van der Waals surface area contributed by atoms with Gasteiger partial charge >= 0.3 is 0 Å². The van der Waals surface area contributed by atoms with Crippen LogP contribution in [-0.4, -0.2) is 15.0 Å². The van der Waals surface area contributed by atoms with Crippen LogP contribution in [0.5, 0.6) is 0 Å². The van der Waals surface area contributed by atoms with Gasteiger partial charge in [0, 0.05) is 7.05 Å². The fourth-order valence-electron chi connectivity index (χ4n) is 1.26. The standard InChI is InChI=1S/C9H17BrN4/c1-5-9(2,3)7(11)6-8(10)12-13-14(6)4/h7H,5,11H2,1-4H3. The SMILES string of the molecule is CCC(C)(C)C(N)c1c(Br)nnn1C. The fourth-order valence-corrected chi connectivity index (χ4v) is 1.83. The third-order valence-corrected chi connectivity index (χ3v) is 3.44. The van der Waals surface area contributed by atoms with Gasteiger partial charge in [0.05, 0.1) is 11.7 Å². The topological polar surface area (TPSA) is 56.7 Å². The molecule has 0 aliphatic rings. The van der Waals surface area contributed by atoms with E-state index in [1.54, 1.807) is 4.68 Å². The van der Waals surface area contributed by atoms with Gasteiger partial charge in [0.25, 0.3) is 0 Å². The highest BCUT2D eigenvalue weighted by Crippen LogP contribution is 2.36. The number of halogens is 1. The molecule has 5 heteroatoms. The highest BCUT2D eigenvalue weighted by Gasteiger charge is 2.30. The molecular formula is C9H17BrN4. The predicted molar refractivity (Wildman–Crippen MR) is 59.7 cm³/mol. The molecule has 1 atom stereocenters. The maximum atomic E-state index is 6.20. The van der Waals surface area contributed by atoms with Gasteiger partial charge in [-0.15, -0.1) is 5.10 Å². The number of nitrogens with zero attached hydrogens (tertiary/aromatic N) is 3. The van der Waals surface area contributed by atoms with Crippen LogP contribution in [0.4, 0.5) is 0 Å². The molecule has 1 unspecified atom stereocenters. The third-order valence-electron chi connectivity index (χ3n) is 2.87. The first-order valence-electron chi connectivity index (χ1n) is 4.70. The van der Waals surface area contributed by atoms with Crippen molar-refractivity contribution in [2.24, 2.45) is 18.2 Å². The number of rotatable bonds is 3. The van der Waals surface area contributed by atoms with Crippen LogP contribution < -0.4 is 5.73 Å². The van der Waals surface area contributed by atoms with E-state index in [0.717, 1.165) is 16.7 Å². The lowest BCUT2D eigenvalue weighted by Crippen LogP contribution is -2.30. The van der Waals surface area contributed by atoms with Crippen molar-refractivity contribution in [3.8, 4) is 0 Å². The molecule has 0 spiro atoms. The number of aromatic nitrogens is 3. The van der Waals surface area contributed by atoms with Crippen molar-refractivity contribution in [1.82, 2.24) is 15.0 Å². The first-order chi connectivity index (χ1) is 6.40.